The summed E-state index contributed by atoms with van der Waals surface area (Å²) in [5.41, 5.74) is -2.59. The van der Waals surface area contributed by atoms with Crippen LogP contribution < -0.4 is 56.5 Å². The van der Waals surface area contributed by atoms with E-state index in [9.17, 15) is 30.3 Å². The summed E-state index contributed by atoms with van der Waals surface area (Å²) >= 11 is 0. The van der Waals surface area contributed by atoms with Gasteiger partial charge in [-0.1, -0.05) is 45.1 Å². The van der Waals surface area contributed by atoms with E-state index in [0.717, 1.165) is 51.6 Å². The van der Waals surface area contributed by atoms with E-state index in [0.29, 0.717) is 56.9 Å². The predicted molar refractivity (Wildman–Crippen MR) is 215 cm³/mol. The minimum Gasteiger partial charge on any atom is -0.841 e. The number of hydrogen-bond donors (Lipinski definition) is 4. The van der Waals surface area contributed by atoms with Crippen LogP contribution in [0.15, 0.2) is 36.0 Å². The number of carbonyl (C=O) groups is 1. The molecule has 14 heteroatoms. The van der Waals surface area contributed by atoms with Crippen molar-refractivity contribution in [2.24, 2.45) is 23.2 Å². The summed E-state index contributed by atoms with van der Waals surface area (Å²) in [6.45, 7) is 19.7. The van der Waals surface area contributed by atoms with Gasteiger partial charge in [-0.3, -0.25) is 4.79 Å². The number of aliphatic hydroxyl groups excluding tert-OH is 3. The second-order valence-electron chi connectivity index (χ2n) is 20.5. The summed E-state index contributed by atoms with van der Waals surface area (Å²) < 4.78 is 45.1. The van der Waals surface area contributed by atoms with E-state index in [2.05, 4.69) is 26.5 Å². The molecule has 0 aliphatic carbocycles. The summed E-state index contributed by atoms with van der Waals surface area (Å²) in [7, 11) is 0. The van der Waals surface area contributed by atoms with Crippen LogP contribution in [0.1, 0.15) is 126 Å². The SMILES string of the molecule is C=C1C(O)C2OC3(CCC2OC1C(O)CC(C)C1CC2(CCCOC2)COC1C)CCC(C)(C=CC(C)C1CC(C)=CC2(O1)OC(C)(CC(C)([O-])C(=O)O)CCC2O)O3.[K+]. The third-order valence-electron chi connectivity index (χ3n) is 15.0. The maximum atomic E-state index is 12.8. The maximum Gasteiger partial charge on any atom is 1.00 e. The Hall–Kier alpha value is -0.114. The first-order valence-electron chi connectivity index (χ1n) is 22.2. The quantitative estimate of drug-likeness (QED) is 0.185. The van der Waals surface area contributed by atoms with Crippen molar-refractivity contribution in [1.29, 1.82) is 0 Å². The number of carboxylic acids is 1. The average molecular weight is 871 g/mol. The van der Waals surface area contributed by atoms with Crippen molar-refractivity contribution in [1.82, 2.24) is 0 Å². The van der Waals surface area contributed by atoms with Crippen molar-refractivity contribution in [3.8, 4) is 0 Å². The van der Waals surface area contributed by atoms with Gasteiger partial charge in [-0.25, -0.2) is 0 Å². The predicted octanol–water partition coefficient (Wildman–Crippen LogP) is 1.88. The zero-order valence-corrected chi connectivity index (χ0v) is 40.5. The van der Waals surface area contributed by atoms with Crippen molar-refractivity contribution >= 4 is 5.97 Å². The fourth-order valence-electron chi connectivity index (χ4n) is 11.4. The molecule has 0 saturated carbocycles. The number of fused-ring (bicyclic) bond motifs is 1. The monoisotopic (exact) mass is 870 g/mol. The molecule has 7 aliphatic heterocycles. The standard InChI is InChI=1S/C46H71O13.K/c1-27-20-35(56-46(22-27)36(48)12-15-42(7,59-46)24-43(8,52)40(50)51)28(2)10-14-41(6)17-18-45(58-41)16-11-34-39(57-45)37(49)30(4)38(55-34)33(47)21-29(3)32-23-44(26-54-31(32)5)13-9-19-53-25-44;/h10,14,22,28-29,31-39,47-49H,4,9,11-13,15-21,23-26H2,1-3,5-8H3,(H,50,51);/q-1;+1. The van der Waals surface area contributed by atoms with E-state index in [-0.39, 0.29) is 93.2 Å². The van der Waals surface area contributed by atoms with Crippen molar-refractivity contribution in [3.63, 3.8) is 0 Å². The molecule has 0 bridgehead atoms. The number of ether oxygens (including phenoxy) is 7. The van der Waals surface area contributed by atoms with Crippen molar-refractivity contribution in [2.45, 2.75) is 203 Å². The second kappa shape index (κ2) is 18.6. The molecule has 334 valence electrons. The van der Waals surface area contributed by atoms with Gasteiger partial charge < -0.3 is 58.7 Å². The van der Waals surface area contributed by atoms with Gasteiger partial charge in [0.25, 0.3) is 5.97 Å². The molecule has 17 atom stereocenters. The smallest absolute Gasteiger partial charge is 0.841 e. The van der Waals surface area contributed by atoms with E-state index in [1.165, 1.54) is 0 Å². The summed E-state index contributed by atoms with van der Waals surface area (Å²) in [6, 6.07) is 0. The summed E-state index contributed by atoms with van der Waals surface area (Å²) in [5.74, 6) is -3.55. The molecule has 0 amide bonds. The Bertz CT molecular complexity index is 1610. The van der Waals surface area contributed by atoms with Crippen LogP contribution in [0, 0.1) is 23.2 Å². The van der Waals surface area contributed by atoms with Crippen LogP contribution in [-0.4, -0.2) is 123 Å². The average Bonchev–Trinajstić information content (AvgIpc) is 3.50. The third kappa shape index (κ3) is 10.3. The van der Waals surface area contributed by atoms with Gasteiger partial charge in [-0.2, -0.15) is 0 Å². The van der Waals surface area contributed by atoms with E-state index < -0.39 is 71.0 Å². The largest absolute Gasteiger partial charge is 1.00 e. The molecule has 17 unspecified atom stereocenters. The Balaban J connectivity index is 0.00000604. The Morgan fingerprint density at radius 1 is 1.08 bits per heavy atom. The van der Waals surface area contributed by atoms with E-state index in [4.69, 9.17) is 33.2 Å². The zero-order valence-electron chi connectivity index (χ0n) is 37.4. The van der Waals surface area contributed by atoms with Crippen LogP contribution in [0.3, 0.4) is 0 Å². The van der Waals surface area contributed by atoms with Gasteiger partial charge in [-0.15, -0.1) is 0 Å². The Morgan fingerprint density at radius 2 is 1.83 bits per heavy atom. The second-order valence-corrected chi connectivity index (χ2v) is 20.5. The molecule has 3 spiro atoms. The molecule has 7 rings (SSSR count). The molecule has 0 aromatic rings. The van der Waals surface area contributed by atoms with Crippen LogP contribution >= 0.6 is 0 Å². The number of rotatable bonds is 10. The third-order valence-corrected chi connectivity index (χ3v) is 15.0. The fourth-order valence-corrected chi connectivity index (χ4v) is 11.4. The zero-order chi connectivity index (χ0) is 42.8. The van der Waals surface area contributed by atoms with Crippen LogP contribution in [-0.2, 0) is 38.0 Å². The molecule has 0 radical (unpaired) electrons. The number of aliphatic carboxylic acids is 1. The Kier molecular flexibility index (Phi) is 15.3. The minimum atomic E-state index is -2.25. The molecule has 6 fully saturated rings. The first-order valence-corrected chi connectivity index (χ1v) is 22.2. The van der Waals surface area contributed by atoms with Crippen LogP contribution in [0.2, 0.25) is 0 Å². The van der Waals surface area contributed by atoms with E-state index in [1.54, 1.807) is 13.0 Å². The van der Waals surface area contributed by atoms with Crippen molar-refractivity contribution in [2.75, 3.05) is 19.8 Å². The minimum absolute atomic E-state index is 0. The van der Waals surface area contributed by atoms with Crippen LogP contribution in [0.25, 0.3) is 0 Å². The normalized spacial score (nSPS) is 46.0. The number of carboxylic acid groups (broad SMARTS) is 1. The molecule has 4 N–H and O–H groups in total. The topological polar surface area (TPSA) is 186 Å². The van der Waals surface area contributed by atoms with Gasteiger partial charge in [-0.05, 0) is 121 Å². The first kappa shape index (κ1) is 49.3. The van der Waals surface area contributed by atoms with E-state index in [1.807, 2.05) is 26.8 Å². The molecule has 7 aliphatic rings. The van der Waals surface area contributed by atoms with Crippen LogP contribution in [0.4, 0.5) is 0 Å². The molecule has 13 nitrogen and oxygen atoms in total. The summed E-state index contributed by atoms with van der Waals surface area (Å²) in [4.78, 5) is 11.7. The van der Waals surface area contributed by atoms with Crippen molar-refractivity contribution in [3.05, 3.63) is 36.0 Å². The molecule has 6 saturated heterocycles. The van der Waals surface area contributed by atoms with Crippen molar-refractivity contribution < 1.29 is 115 Å². The molecule has 0 aromatic heterocycles. The Labute approximate surface area is 399 Å². The summed E-state index contributed by atoms with van der Waals surface area (Å²) in [5, 5.41) is 56.8. The van der Waals surface area contributed by atoms with E-state index >= 15 is 0 Å². The molecular formula is C46H71KO13. The molecular weight excluding hydrogens is 800 g/mol. The number of hydrogen-bond acceptors (Lipinski definition) is 12. The maximum absolute atomic E-state index is 12.8. The molecule has 60 heavy (non-hydrogen) atoms. The van der Waals surface area contributed by atoms with Gasteiger partial charge in [0.1, 0.15) is 24.4 Å². The molecule has 0 aromatic carbocycles. The van der Waals surface area contributed by atoms with Gasteiger partial charge in [0, 0.05) is 30.8 Å². The molecule has 7 heterocycles. The number of aliphatic hydroxyl groups is 3. The van der Waals surface area contributed by atoms with Gasteiger partial charge in [0.15, 0.2) is 5.79 Å². The Morgan fingerprint density at radius 3 is 2.53 bits per heavy atom. The van der Waals surface area contributed by atoms with Crippen LogP contribution in [0.5, 0.6) is 0 Å². The van der Waals surface area contributed by atoms with Gasteiger partial charge >= 0.3 is 51.4 Å². The van der Waals surface area contributed by atoms with Gasteiger partial charge in [0.2, 0.25) is 5.79 Å². The summed E-state index contributed by atoms with van der Waals surface area (Å²) in [6.07, 6.45) is 8.05. The first-order chi connectivity index (χ1) is 27.6. The van der Waals surface area contributed by atoms with Gasteiger partial charge in [0.05, 0.1) is 48.8 Å². The fraction of sp³-hybridized carbons (Fsp3) is 0.848.